The van der Waals surface area contributed by atoms with Gasteiger partial charge in [-0.2, -0.15) is 0 Å². The molecule has 2 aliphatic rings. The first-order valence-corrected chi connectivity index (χ1v) is 14.5. The van der Waals surface area contributed by atoms with Crippen molar-refractivity contribution in [2.24, 2.45) is 0 Å². The molecule has 204 valence electrons. The van der Waals surface area contributed by atoms with Crippen LogP contribution in [0, 0.1) is 0 Å². The second kappa shape index (κ2) is 18.3. The van der Waals surface area contributed by atoms with E-state index in [1.807, 2.05) is 0 Å². The third-order valence-corrected chi connectivity index (χ3v) is 7.34. The molecule has 7 heteroatoms. The summed E-state index contributed by atoms with van der Waals surface area (Å²) in [5, 5.41) is 0. The highest BCUT2D eigenvalue weighted by molar-refractivity contribution is 5.24. The molecule has 0 saturated carbocycles. The Bertz CT molecular complexity index is 586. The van der Waals surface area contributed by atoms with Gasteiger partial charge in [0.25, 0.3) is 0 Å². The zero-order valence-corrected chi connectivity index (χ0v) is 23.3. The quantitative estimate of drug-likeness (QED) is 0.142. The van der Waals surface area contributed by atoms with E-state index < -0.39 is 5.79 Å². The number of hydrogen-bond donors (Lipinski definition) is 2. The Kier molecular flexibility index (Phi) is 15.8. The fourth-order valence-electron chi connectivity index (χ4n) is 4.81. The number of hydrazine groups is 1. The molecule has 0 aromatic heterocycles. The van der Waals surface area contributed by atoms with Crippen LogP contribution in [-0.4, -0.2) is 99.1 Å². The lowest BCUT2D eigenvalue weighted by molar-refractivity contribution is -0.205. The SMILES string of the molecule is CCN(CC)CCCOC1(OCCN(CC)CC)C=CC(NNCCCCCN2CCCC2)=CC1. The number of ether oxygens (including phenoxy) is 2. The van der Waals surface area contributed by atoms with E-state index in [0.29, 0.717) is 13.2 Å². The summed E-state index contributed by atoms with van der Waals surface area (Å²) in [7, 11) is 0. The van der Waals surface area contributed by atoms with Gasteiger partial charge in [0.1, 0.15) is 0 Å². The molecule has 0 amide bonds. The highest BCUT2D eigenvalue weighted by atomic mass is 16.7. The van der Waals surface area contributed by atoms with Crippen LogP contribution in [0.25, 0.3) is 0 Å². The molecule has 1 unspecified atom stereocenters. The maximum absolute atomic E-state index is 6.37. The predicted molar refractivity (Wildman–Crippen MR) is 147 cm³/mol. The molecule has 2 N–H and O–H groups in total. The van der Waals surface area contributed by atoms with Gasteiger partial charge in [0.05, 0.1) is 13.2 Å². The van der Waals surface area contributed by atoms with E-state index in [-0.39, 0.29) is 0 Å². The summed E-state index contributed by atoms with van der Waals surface area (Å²) in [5.41, 5.74) is 7.85. The van der Waals surface area contributed by atoms with Crippen LogP contribution in [0.2, 0.25) is 0 Å². The van der Waals surface area contributed by atoms with E-state index in [1.165, 1.54) is 51.7 Å². The van der Waals surface area contributed by atoms with Crippen LogP contribution in [0.15, 0.2) is 23.9 Å². The molecule has 35 heavy (non-hydrogen) atoms. The molecule has 0 aromatic rings. The van der Waals surface area contributed by atoms with E-state index in [2.05, 4.69) is 71.5 Å². The number of likely N-dealkylation sites (N-methyl/N-ethyl adjacent to an activating group) is 1. The van der Waals surface area contributed by atoms with Crippen molar-refractivity contribution in [1.82, 2.24) is 25.6 Å². The van der Waals surface area contributed by atoms with E-state index in [1.54, 1.807) is 0 Å². The molecule has 1 fully saturated rings. The normalized spacial score (nSPS) is 20.8. The molecule has 2 rings (SSSR count). The van der Waals surface area contributed by atoms with Crippen molar-refractivity contribution >= 4 is 0 Å². The number of allylic oxidation sites excluding steroid dienone is 1. The van der Waals surface area contributed by atoms with Gasteiger partial charge in [0.2, 0.25) is 0 Å². The lowest BCUT2D eigenvalue weighted by Gasteiger charge is -2.34. The first-order valence-electron chi connectivity index (χ1n) is 14.5. The van der Waals surface area contributed by atoms with Crippen molar-refractivity contribution in [2.45, 2.75) is 78.4 Å². The Labute approximate surface area is 216 Å². The molecule has 0 bridgehead atoms. The molecule has 0 aromatic carbocycles. The summed E-state index contributed by atoms with van der Waals surface area (Å²) in [5.74, 6) is -0.656. The molecule has 0 spiro atoms. The number of nitrogens with one attached hydrogen (secondary N) is 2. The van der Waals surface area contributed by atoms with E-state index in [9.17, 15) is 0 Å². The van der Waals surface area contributed by atoms with Crippen molar-refractivity contribution in [2.75, 3.05) is 78.7 Å². The molecule has 1 atom stereocenters. The largest absolute Gasteiger partial charge is 0.346 e. The summed E-state index contributed by atoms with van der Waals surface area (Å²) in [6.07, 6.45) is 14.7. The number of unbranched alkanes of at least 4 members (excludes halogenated alkanes) is 2. The third kappa shape index (κ3) is 12.2. The monoisotopic (exact) mass is 493 g/mol. The van der Waals surface area contributed by atoms with Crippen LogP contribution >= 0.6 is 0 Å². The van der Waals surface area contributed by atoms with Crippen molar-refractivity contribution in [1.29, 1.82) is 0 Å². The van der Waals surface area contributed by atoms with Gasteiger partial charge in [0, 0.05) is 31.8 Å². The minimum atomic E-state index is -0.656. The fourth-order valence-corrected chi connectivity index (χ4v) is 4.81. The maximum Gasteiger partial charge on any atom is 0.191 e. The van der Waals surface area contributed by atoms with Gasteiger partial charge in [-0.1, -0.05) is 40.2 Å². The summed E-state index contributed by atoms with van der Waals surface area (Å²) >= 11 is 0. The zero-order chi connectivity index (χ0) is 25.2. The lowest BCUT2D eigenvalue weighted by Crippen LogP contribution is -2.40. The highest BCUT2D eigenvalue weighted by Gasteiger charge is 2.30. The number of likely N-dealkylation sites (tertiary alicyclic amines) is 1. The highest BCUT2D eigenvalue weighted by Crippen LogP contribution is 2.26. The predicted octanol–water partition coefficient (Wildman–Crippen LogP) is 3.99. The van der Waals surface area contributed by atoms with Gasteiger partial charge < -0.3 is 29.6 Å². The van der Waals surface area contributed by atoms with E-state index in [0.717, 1.165) is 64.4 Å². The molecule has 1 saturated heterocycles. The molecule has 1 aliphatic carbocycles. The van der Waals surface area contributed by atoms with Crippen molar-refractivity contribution in [3.8, 4) is 0 Å². The Balaban J connectivity index is 1.70. The third-order valence-electron chi connectivity index (χ3n) is 7.34. The Hall–Kier alpha value is -0.960. The number of rotatable bonds is 21. The fraction of sp³-hybridized carbons (Fsp3) is 0.857. The number of nitrogens with zero attached hydrogens (tertiary/aromatic N) is 3. The van der Waals surface area contributed by atoms with Crippen molar-refractivity contribution in [3.05, 3.63) is 23.9 Å². The lowest BCUT2D eigenvalue weighted by atomic mass is 10.1. The van der Waals surface area contributed by atoms with Gasteiger partial charge in [-0.05, 0) is 90.1 Å². The van der Waals surface area contributed by atoms with Crippen LogP contribution in [-0.2, 0) is 9.47 Å². The van der Waals surface area contributed by atoms with E-state index >= 15 is 0 Å². The number of hydrogen-bond acceptors (Lipinski definition) is 7. The van der Waals surface area contributed by atoms with Gasteiger partial charge >= 0.3 is 0 Å². The molecular weight excluding hydrogens is 438 g/mol. The first-order chi connectivity index (χ1) is 17.1. The maximum atomic E-state index is 6.37. The van der Waals surface area contributed by atoms with E-state index in [4.69, 9.17) is 9.47 Å². The average Bonchev–Trinajstić information content (AvgIpc) is 3.41. The summed E-state index contributed by atoms with van der Waals surface area (Å²) in [4.78, 5) is 7.43. The zero-order valence-electron chi connectivity index (χ0n) is 23.3. The molecular formula is C28H55N5O2. The molecule has 1 heterocycles. The second-order valence-corrected chi connectivity index (χ2v) is 9.77. The van der Waals surface area contributed by atoms with Gasteiger partial charge in [-0.15, -0.1) is 0 Å². The van der Waals surface area contributed by atoms with Crippen LogP contribution in [0.3, 0.4) is 0 Å². The van der Waals surface area contributed by atoms with Crippen LogP contribution < -0.4 is 10.9 Å². The van der Waals surface area contributed by atoms with Crippen molar-refractivity contribution < 1.29 is 9.47 Å². The molecule has 7 nitrogen and oxygen atoms in total. The summed E-state index contributed by atoms with van der Waals surface area (Å²) in [6, 6.07) is 0. The van der Waals surface area contributed by atoms with Crippen LogP contribution in [0.1, 0.15) is 72.6 Å². The second-order valence-electron chi connectivity index (χ2n) is 9.77. The van der Waals surface area contributed by atoms with Crippen LogP contribution in [0.4, 0.5) is 0 Å². The Morgan fingerprint density at radius 2 is 1.54 bits per heavy atom. The Morgan fingerprint density at radius 3 is 2.20 bits per heavy atom. The standard InChI is InChI=1S/C28H55N5O2/c1-5-31(6-2)23-14-25-34-28(35-26-24-32(7-3)8-4)17-15-27(16-18-28)30-29-19-10-9-11-20-33-21-12-13-22-33/h15-17,29-30H,5-14,18-26H2,1-4H3. The molecule has 0 radical (unpaired) electrons. The van der Waals surface area contributed by atoms with Gasteiger partial charge in [0.15, 0.2) is 5.79 Å². The van der Waals surface area contributed by atoms with Gasteiger partial charge in [-0.25, -0.2) is 5.43 Å². The topological polar surface area (TPSA) is 52.2 Å². The average molecular weight is 494 g/mol. The smallest absolute Gasteiger partial charge is 0.191 e. The Morgan fingerprint density at radius 1 is 0.857 bits per heavy atom. The molecule has 1 aliphatic heterocycles. The van der Waals surface area contributed by atoms with Crippen molar-refractivity contribution in [3.63, 3.8) is 0 Å². The first kappa shape index (κ1) is 30.3. The van der Waals surface area contributed by atoms with Crippen LogP contribution in [0.5, 0.6) is 0 Å². The summed E-state index contributed by atoms with van der Waals surface area (Å²) in [6.45, 7) is 21.3. The minimum Gasteiger partial charge on any atom is -0.346 e. The minimum absolute atomic E-state index is 0.656. The summed E-state index contributed by atoms with van der Waals surface area (Å²) < 4.78 is 12.7. The van der Waals surface area contributed by atoms with Gasteiger partial charge in [-0.3, -0.25) is 0 Å².